The molecule has 25 heavy (non-hydrogen) atoms. The van der Waals surface area contributed by atoms with Gasteiger partial charge in [0.05, 0.1) is 5.69 Å². The first-order valence-corrected chi connectivity index (χ1v) is 8.19. The van der Waals surface area contributed by atoms with Crippen LogP contribution in [-0.4, -0.2) is 4.98 Å². The minimum absolute atomic E-state index is 0.00205. The Bertz CT molecular complexity index is 1070. The smallest absolute Gasteiger partial charge is 0.190 e. The molecule has 3 heteroatoms. The van der Waals surface area contributed by atoms with Gasteiger partial charge >= 0.3 is 0 Å². The summed E-state index contributed by atoms with van der Waals surface area (Å²) in [6.07, 6.45) is 0. The van der Waals surface area contributed by atoms with E-state index in [-0.39, 0.29) is 5.43 Å². The molecule has 1 aromatic heterocycles. The van der Waals surface area contributed by atoms with Crippen LogP contribution >= 0.6 is 0 Å². The van der Waals surface area contributed by atoms with E-state index in [2.05, 4.69) is 4.98 Å². The highest BCUT2D eigenvalue weighted by Gasteiger charge is 2.09. The van der Waals surface area contributed by atoms with Crippen molar-refractivity contribution in [2.45, 2.75) is 6.61 Å². The fraction of sp³-hybridized carbons (Fsp3) is 0.0455. The lowest BCUT2D eigenvalue weighted by atomic mass is 10.1. The first-order valence-electron chi connectivity index (χ1n) is 8.19. The Morgan fingerprint density at radius 2 is 1.52 bits per heavy atom. The van der Waals surface area contributed by atoms with E-state index >= 15 is 0 Å². The van der Waals surface area contributed by atoms with E-state index in [0.717, 1.165) is 28.1 Å². The lowest BCUT2D eigenvalue weighted by Gasteiger charge is -2.12. The maximum atomic E-state index is 12.4. The third-order valence-electron chi connectivity index (χ3n) is 4.15. The predicted molar refractivity (Wildman–Crippen MR) is 101 cm³/mol. The van der Waals surface area contributed by atoms with Gasteiger partial charge in [0.2, 0.25) is 0 Å². The number of benzene rings is 3. The van der Waals surface area contributed by atoms with Gasteiger partial charge < -0.3 is 9.72 Å². The molecule has 0 atom stereocenters. The Balaban J connectivity index is 1.72. The molecule has 0 bridgehead atoms. The Kier molecular flexibility index (Phi) is 4.05. The van der Waals surface area contributed by atoms with Crippen LogP contribution in [0.25, 0.3) is 22.2 Å². The lowest BCUT2D eigenvalue weighted by Crippen LogP contribution is -2.04. The van der Waals surface area contributed by atoms with Crippen LogP contribution in [0.4, 0.5) is 0 Å². The molecule has 1 N–H and O–H groups in total. The SMILES string of the molecule is O=c1cc(-c2ccccc2OCc2ccccc2)[nH]c2ccccc12. The molecule has 0 aliphatic rings. The van der Waals surface area contributed by atoms with Crippen molar-refractivity contribution in [1.82, 2.24) is 4.98 Å². The second kappa shape index (κ2) is 6.65. The van der Waals surface area contributed by atoms with Crippen LogP contribution in [-0.2, 0) is 6.61 Å². The predicted octanol–water partition coefficient (Wildman–Crippen LogP) is 4.77. The summed E-state index contributed by atoms with van der Waals surface area (Å²) in [5.74, 6) is 0.747. The highest BCUT2D eigenvalue weighted by molar-refractivity contribution is 5.82. The summed E-state index contributed by atoms with van der Waals surface area (Å²) in [4.78, 5) is 15.7. The highest BCUT2D eigenvalue weighted by atomic mass is 16.5. The van der Waals surface area contributed by atoms with Crippen molar-refractivity contribution in [3.63, 3.8) is 0 Å². The summed E-state index contributed by atoms with van der Waals surface area (Å²) in [5.41, 5.74) is 3.56. The highest BCUT2D eigenvalue weighted by Crippen LogP contribution is 2.29. The first-order chi connectivity index (χ1) is 12.3. The summed E-state index contributed by atoms with van der Waals surface area (Å²) in [5, 5.41) is 0.689. The van der Waals surface area contributed by atoms with Crippen molar-refractivity contribution < 1.29 is 4.74 Å². The van der Waals surface area contributed by atoms with E-state index in [0.29, 0.717) is 12.0 Å². The molecule has 4 aromatic rings. The number of aromatic nitrogens is 1. The molecule has 0 radical (unpaired) electrons. The average Bonchev–Trinajstić information content (AvgIpc) is 2.67. The van der Waals surface area contributed by atoms with Gasteiger partial charge in [-0.05, 0) is 29.8 Å². The number of para-hydroxylation sites is 2. The Labute approximate surface area is 145 Å². The van der Waals surface area contributed by atoms with Gasteiger partial charge in [-0.1, -0.05) is 54.6 Å². The maximum absolute atomic E-state index is 12.4. The third-order valence-corrected chi connectivity index (χ3v) is 4.15. The molecule has 3 nitrogen and oxygen atoms in total. The number of H-pyrrole nitrogens is 1. The van der Waals surface area contributed by atoms with E-state index in [1.807, 2.05) is 78.9 Å². The number of pyridine rings is 1. The van der Waals surface area contributed by atoms with Gasteiger partial charge in [-0.25, -0.2) is 0 Å². The monoisotopic (exact) mass is 327 g/mol. The molecular formula is C22H17NO2. The van der Waals surface area contributed by atoms with Crippen LogP contribution in [0.5, 0.6) is 5.75 Å². The zero-order chi connectivity index (χ0) is 17.1. The molecule has 4 rings (SSSR count). The number of hydrogen-bond acceptors (Lipinski definition) is 2. The molecule has 0 saturated heterocycles. The normalized spacial score (nSPS) is 10.7. The fourth-order valence-corrected chi connectivity index (χ4v) is 2.89. The topological polar surface area (TPSA) is 42.1 Å². The second-order valence-electron chi connectivity index (χ2n) is 5.86. The molecule has 3 aromatic carbocycles. The van der Waals surface area contributed by atoms with Gasteiger partial charge in [0, 0.05) is 22.5 Å². The minimum Gasteiger partial charge on any atom is -0.488 e. The van der Waals surface area contributed by atoms with Gasteiger partial charge in [0.15, 0.2) is 5.43 Å². The van der Waals surface area contributed by atoms with Gasteiger partial charge in [-0.3, -0.25) is 4.79 Å². The van der Waals surface area contributed by atoms with Crippen molar-refractivity contribution in [3.05, 3.63) is 101 Å². The lowest BCUT2D eigenvalue weighted by molar-refractivity contribution is 0.307. The summed E-state index contributed by atoms with van der Waals surface area (Å²) >= 11 is 0. The van der Waals surface area contributed by atoms with Crippen LogP contribution in [0.15, 0.2) is 89.7 Å². The first kappa shape index (κ1) is 15.2. The molecule has 0 spiro atoms. The van der Waals surface area contributed by atoms with E-state index in [1.54, 1.807) is 6.07 Å². The van der Waals surface area contributed by atoms with Crippen LogP contribution in [0.1, 0.15) is 5.56 Å². The van der Waals surface area contributed by atoms with Gasteiger partial charge in [-0.15, -0.1) is 0 Å². The average molecular weight is 327 g/mol. The molecule has 0 unspecified atom stereocenters. The number of ether oxygens (including phenoxy) is 1. The van der Waals surface area contributed by atoms with Crippen LogP contribution in [0.3, 0.4) is 0 Å². The van der Waals surface area contributed by atoms with Crippen molar-refractivity contribution >= 4 is 10.9 Å². The molecule has 0 saturated carbocycles. The van der Waals surface area contributed by atoms with E-state index in [1.165, 1.54) is 0 Å². The molecule has 0 aliphatic carbocycles. The molecule has 0 aliphatic heterocycles. The summed E-state index contributed by atoms with van der Waals surface area (Å²) < 4.78 is 6.01. The summed E-state index contributed by atoms with van der Waals surface area (Å²) in [7, 11) is 0. The van der Waals surface area contributed by atoms with E-state index in [9.17, 15) is 4.79 Å². The molecular weight excluding hydrogens is 310 g/mol. The third kappa shape index (κ3) is 3.17. The Morgan fingerprint density at radius 3 is 2.40 bits per heavy atom. The second-order valence-corrected chi connectivity index (χ2v) is 5.86. The molecule has 1 heterocycles. The fourth-order valence-electron chi connectivity index (χ4n) is 2.89. The van der Waals surface area contributed by atoms with Gasteiger partial charge in [0.1, 0.15) is 12.4 Å². The van der Waals surface area contributed by atoms with E-state index < -0.39 is 0 Å². The number of aromatic amines is 1. The van der Waals surface area contributed by atoms with Gasteiger partial charge in [-0.2, -0.15) is 0 Å². The number of hydrogen-bond donors (Lipinski definition) is 1. The zero-order valence-corrected chi connectivity index (χ0v) is 13.6. The minimum atomic E-state index is 0.00205. The Morgan fingerprint density at radius 1 is 0.800 bits per heavy atom. The van der Waals surface area contributed by atoms with Crippen molar-refractivity contribution in [3.8, 4) is 17.0 Å². The van der Waals surface area contributed by atoms with Gasteiger partial charge in [0.25, 0.3) is 0 Å². The van der Waals surface area contributed by atoms with Crippen molar-refractivity contribution in [2.24, 2.45) is 0 Å². The standard InChI is InChI=1S/C22H17NO2/c24-21-14-20(23-19-12-6-4-10-17(19)21)18-11-5-7-13-22(18)25-15-16-8-2-1-3-9-16/h1-14H,15H2,(H,23,24). The Hall–Kier alpha value is -3.33. The maximum Gasteiger partial charge on any atom is 0.190 e. The van der Waals surface area contributed by atoms with Crippen molar-refractivity contribution in [2.75, 3.05) is 0 Å². The molecule has 0 amide bonds. The van der Waals surface area contributed by atoms with Crippen molar-refractivity contribution in [1.29, 1.82) is 0 Å². The summed E-state index contributed by atoms with van der Waals surface area (Å²) in [6, 6.07) is 26.9. The molecule has 122 valence electrons. The van der Waals surface area contributed by atoms with Crippen LogP contribution in [0, 0.1) is 0 Å². The largest absolute Gasteiger partial charge is 0.488 e. The zero-order valence-electron chi connectivity index (χ0n) is 13.6. The number of rotatable bonds is 4. The quantitative estimate of drug-likeness (QED) is 0.586. The summed E-state index contributed by atoms with van der Waals surface area (Å²) in [6.45, 7) is 0.482. The van der Waals surface area contributed by atoms with E-state index in [4.69, 9.17) is 4.74 Å². The number of fused-ring (bicyclic) bond motifs is 1. The van der Waals surface area contributed by atoms with Crippen LogP contribution < -0.4 is 10.2 Å². The molecule has 0 fully saturated rings. The number of nitrogens with one attached hydrogen (secondary N) is 1. The van der Waals surface area contributed by atoms with Crippen LogP contribution in [0.2, 0.25) is 0 Å².